The summed E-state index contributed by atoms with van der Waals surface area (Å²) >= 11 is 0. The summed E-state index contributed by atoms with van der Waals surface area (Å²) in [6.45, 7) is 0. The van der Waals surface area contributed by atoms with E-state index in [0.717, 1.165) is 29.8 Å². The molecule has 2 heterocycles. The highest BCUT2D eigenvalue weighted by atomic mass is 16.5. The van der Waals surface area contributed by atoms with Crippen LogP contribution in [0.2, 0.25) is 0 Å². The van der Waals surface area contributed by atoms with Crippen molar-refractivity contribution in [3.63, 3.8) is 0 Å². The van der Waals surface area contributed by atoms with Gasteiger partial charge in [-0.1, -0.05) is 0 Å². The highest BCUT2D eigenvalue weighted by Gasteiger charge is 2.22. The Morgan fingerprint density at radius 2 is 1.70 bits per heavy atom. The molecule has 1 aliphatic carbocycles. The molecule has 0 amide bonds. The lowest BCUT2D eigenvalue weighted by atomic mass is 10.2. The topological polar surface area (TPSA) is 81.2 Å². The van der Waals surface area contributed by atoms with E-state index in [1.54, 1.807) is 26.6 Å². The predicted octanol–water partition coefficient (Wildman–Crippen LogP) is 3.87. The van der Waals surface area contributed by atoms with Crippen LogP contribution in [0.3, 0.4) is 0 Å². The maximum absolute atomic E-state index is 5.38. The normalized spacial score (nSPS) is 13.1. The fourth-order valence-electron chi connectivity index (χ4n) is 2.72. The molecule has 0 radical (unpaired) electrons. The summed E-state index contributed by atoms with van der Waals surface area (Å²) in [6.07, 6.45) is 5.82. The van der Waals surface area contributed by atoms with Crippen molar-refractivity contribution in [3.05, 3.63) is 48.8 Å². The van der Waals surface area contributed by atoms with Gasteiger partial charge >= 0.3 is 0 Å². The van der Waals surface area contributed by atoms with Crippen LogP contribution < -0.4 is 20.1 Å². The fourth-order valence-corrected chi connectivity index (χ4v) is 2.72. The van der Waals surface area contributed by atoms with Crippen LogP contribution in [0.5, 0.6) is 11.5 Å². The van der Waals surface area contributed by atoms with Gasteiger partial charge in [0.1, 0.15) is 5.82 Å². The van der Waals surface area contributed by atoms with E-state index in [-0.39, 0.29) is 0 Å². The lowest BCUT2D eigenvalue weighted by Gasteiger charge is -2.13. The monoisotopic (exact) mass is 363 g/mol. The van der Waals surface area contributed by atoms with Crippen LogP contribution in [-0.4, -0.2) is 35.2 Å². The van der Waals surface area contributed by atoms with Crippen molar-refractivity contribution in [1.29, 1.82) is 0 Å². The molecule has 27 heavy (non-hydrogen) atoms. The van der Waals surface area contributed by atoms with Crippen LogP contribution in [0.25, 0.3) is 11.3 Å². The first-order chi connectivity index (χ1) is 13.2. The highest BCUT2D eigenvalue weighted by Crippen LogP contribution is 2.32. The third kappa shape index (κ3) is 4.08. The van der Waals surface area contributed by atoms with Gasteiger partial charge < -0.3 is 20.1 Å². The second-order valence-corrected chi connectivity index (χ2v) is 6.31. The summed E-state index contributed by atoms with van der Waals surface area (Å²) in [5.74, 6) is 2.66. The van der Waals surface area contributed by atoms with E-state index in [4.69, 9.17) is 9.47 Å². The van der Waals surface area contributed by atoms with E-state index in [9.17, 15) is 0 Å². The van der Waals surface area contributed by atoms with Gasteiger partial charge in [-0.15, -0.1) is 0 Å². The summed E-state index contributed by atoms with van der Waals surface area (Å²) < 4.78 is 10.7. The van der Waals surface area contributed by atoms with Gasteiger partial charge in [-0.25, -0.2) is 4.98 Å². The molecule has 0 aliphatic heterocycles. The molecule has 2 aromatic heterocycles. The number of rotatable bonds is 7. The highest BCUT2D eigenvalue weighted by molar-refractivity contribution is 5.68. The zero-order valence-electron chi connectivity index (χ0n) is 15.3. The number of anilines is 3. The number of benzene rings is 1. The van der Waals surface area contributed by atoms with Gasteiger partial charge in [0.25, 0.3) is 0 Å². The predicted molar refractivity (Wildman–Crippen MR) is 105 cm³/mol. The minimum atomic E-state index is 0.464. The minimum absolute atomic E-state index is 0.464. The number of nitrogens with one attached hydrogen (secondary N) is 2. The standard InChI is InChI=1S/C20H21N5O2/c1-26-17-6-5-15(11-18(17)27-2)22-19-12-16(13-7-9-21-10-8-13)24-20(25-19)23-14-3-4-14/h5-12,14H,3-4H2,1-2H3,(H2,22,23,24,25). The molecule has 3 aromatic rings. The van der Waals surface area contributed by atoms with Crippen LogP contribution in [0, 0.1) is 0 Å². The lowest BCUT2D eigenvalue weighted by Crippen LogP contribution is -2.07. The average Bonchev–Trinajstić information content (AvgIpc) is 3.52. The van der Waals surface area contributed by atoms with Crippen molar-refractivity contribution in [2.24, 2.45) is 0 Å². The molecule has 1 saturated carbocycles. The van der Waals surface area contributed by atoms with Gasteiger partial charge in [0, 0.05) is 41.8 Å². The molecule has 0 saturated heterocycles. The summed E-state index contributed by atoms with van der Waals surface area (Å²) in [4.78, 5) is 13.3. The quantitative estimate of drug-likeness (QED) is 0.659. The van der Waals surface area contributed by atoms with Gasteiger partial charge in [-0.05, 0) is 37.1 Å². The SMILES string of the molecule is COc1ccc(Nc2cc(-c3ccncc3)nc(NC3CC3)n2)cc1OC. The number of aromatic nitrogens is 3. The molecule has 0 atom stereocenters. The second-order valence-electron chi connectivity index (χ2n) is 6.31. The van der Waals surface area contributed by atoms with Gasteiger partial charge in [-0.3, -0.25) is 4.98 Å². The Morgan fingerprint density at radius 3 is 2.41 bits per heavy atom. The van der Waals surface area contributed by atoms with E-state index in [0.29, 0.717) is 29.3 Å². The molecule has 0 spiro atoms. The lowest BCUT2D eigenvalue weighted by molar-refractivity contribution is 0.355. The first kappa shape index (κ1) is 17.1. The molecule has 1 aliphatic rings. The number of methoxy groups -OCH3 is 2. The summed E-state index contributed by atoms with van der Waals surface area (Å²) in [5, 5.41) is 6.70. The summed E-state index contributed by atoms with van der Waals surface area (Å²) in [5.41, 5.74) is 2.67. The largest absolute Gasteiger partial charge is 0.493 e. The number of hydrogen-bond donors (Lipinski definition) is 2. The van der Waals surface area contributed by atoms with Crippen molar-refractivity contribution in [2.45, 2.75) is 18.9 Å². The van der Waals surface area contributed by atoms with Crippen LogP contribution >= 0.6 is 0 Å². The zero-order chi connectivity index (χ0) is 18.6. The Bertz CT molecular complexity index is 929. The van der Waals surface area contributed by atoms with Crippen LogP contribution in [0.15, 0.2) is 48.8 Å². The van der Waals surface area contributed by atoms with E-state index in [1.807, 2.05) is 36.4 Å². The third-order valence-electron chi connectivity index (χ3n) is 4.27. The van der Waals surface area contributed by atoms with Crippen LogP contribution in [0.4, 0.5) is 17.5 Å². The molecule has 1 aromatic carbocycles. The van der Waals surface area contributed by atoms with Crippen molar-refractivity contribution in [3.8, 4) is 22.8 Å². The summed E-state index contributed by atoms with van der Waals surface area (Å²) in [6, 6.07) is 11.9. The van der Waals surface area contributed by atoms with E-state index in [1.165, 1.54) is 0 Å². The van der Waals surface area contributed by atoms with Crippen molar-refractivity contribution >= 4 is 17.5 Å². The van der Waals surface area contributed by atoms with E-state index >= 15 is 0 Å². The van der Waals surface area contributed by atoms with Gasteiger partial charge in [0.05, 0.1) is 19.9 Å². The molecule has 7 heteroatoms. The first-order valence-corrected chi connectivity index (χ1v) is 8.80. The average molecular weight is 363 g/mol. The second kappa shape index (κ2) is 7.49. The van der Waals surface area contributed by atoms with Gasteiger partial charge in [0.2, 0.25) is 5.95 Å². The summed E-state index contributed by atoms with van der Waals surface area (Å²) in [7, 11) is 3.23. The van der Waals surface area contributed by atoms with Crippen molar-refractivity contribution in [1.82, 2.24) is 15.0 Å². The Hall–Kier alpha value is -3.35. The molecule has 4 rings (SSSR count). The first-order valence-electron chi connectivity index (χ1n) is 8.80. The van der Waals surface area contributed by atoms with E-state index in [2.05, 4.69) is 25.6 Å². The van der Waals surface area contributed by atoms with Crippen molar-refractivity contribution < 1.29 is 9.47 Å². The van der Waals surface area contributed by atoms with Gasteiger partial charge in [0.15, 0.2) is 11.5 Å². The Morgan fingerprint density at radius 1 is 0.926 bits per heavy atom. The minimum Gasteiger partial charge on any atom is -0.493 e. The molecular formula is C20H21N5O2. The van der Waals surface area contributed by atoms with Gasteiger partial charge in [-0.2, -0.15) is 4.98 Å². The number of pyridine rings is 1. The smallest absolute Gasteiger partial charge is 0.225 e. The maximum atomic E-state index is 5.38. The molecule has 7 nitrogen and oxygen atoms in total. The fraction of sp³-hybridized carbons (Fsp3) is 0.250. The number of ether oxygens (including phenoxy) is 2. The van der Waals surface area contributed by atoms with Crippen LogP contribution in [0.1, 0.15) is 12.8 Å². The Balaban J connectivity index is 1.66. The molecule has 2 N–H and O–H groups in total. The zero-order valence-corrected chi connectivity index (χ0v) is 15.3. The Labute approximate surface area is 157 Å². The Kier molecular flexibility index (Phi) is 4.74. The molecule has 0 unspecified atom stereocenters. The molecular weight excluding hydrogens is 342 g/mol. The molecule has 1 fully saturated rings. The number of hydrogen-bond acceptors (Lipinski definition) is 7. The third-order valence-corrected chi connectivity index (χ3v) is 4.27. The molecule has 138 valence electrons. The molecule has 0 bridgehead atoms. The van der Waals surface area contributed by atoms with E-state index < -0.39 is 0 Å². The van der Waals surface area contributed by atoms with Crippen molar-refractivity contribution in [2.75, 3.05) is 24.9 Å². The van der Waals surface area contributed by atoms with Crippen LogP contribution in [-0.2, 0) is 0 Å². The number of nitrogens with zero attached hydrogens (tertiary/aromatic N) is 3. The maximum Gasteiger partial charge on any atom is 0.225 e.